The molecule has 1 N–H and O–H groups in total. The van der Waals surface area contributed by atoms with Gasteiger partial charge < -0.3 is 9.72 Å². The number of methoxy groups -OCH3 is 1. The van der Waals surface area contributed by atoms with E-state index in [0.29, 0.717) is 34.0 Å². The molecule has 0 aliphatic carbocycles. The van der Waals surface area contributed by atoms with E-state index in [0.717, 1.165) is 28.1 Å². The van der Waals surface area contributed by atoms with Gasteiger partial charge in [-0.25, -0.2) is 9.67 Å². The monoisotopic (exact) mass is 408 g/mol. The van der Waals surface area contributed by atoms with E-state index in [4.69, 9.17) is 21.3 Å². The maximum atomic E-state index is 12.8. The molecule has 2 heterocycles. The predicted octanol–water partition coefficient (Wildman–Crippen LogP) is 4.29. The van der Waals surface area contributed by atoms with Crippen LogP contribution >= 0.6 is 11.6 Å². The van der Waals surface area contributed by atoms with Gasteiger partial charge in [0.1, 0.15) is 17.0 Å². The minimum Gasteiger partial charge on any atom is -0.496 e. The highest BCUT2D eigenvalue weighted by Gasteiger charge is 2.18. The van der Waals surface area contributed by atoms with Gasteiger partial charge in [0.2, 0.25) is 0 Å². The smallest absolute Gasteiger partial charge is 0.262 e. The molecular weight excluding hydrogens is 388 g/mol. The van der Waals surface area contributed by atoms with Crippen LogP contribution in [0.15, 0.2) is 41.2 Å². The van der Waals surface area contributed by atoms with Crippen molar-refractivity contribution in [2.24, 2.45) is 0 Å². The van der Waals surface area contributed by atoms with Crippen LogP contribution in [0.3, 0.4) is 0 Å². The highest BCUT2D eigenvalue weighted by Crippen LogP contribution is 2.27. The van der Waals surface area contributed by atoms with Crippen molar-refractivity contribution < 1.29 is 4.74 Å². The van der Waals surface area contributed by atoms with Crippen LogP contribution in [-0.2, 0) is 6.42 Å². The molecule has 29 heavy (non-hydrogen) atoms. The minimum absolute atomic E-state index is 0.211. The fraction of sp³-hybridized carbons (Fsp3) is 0.227. The van der Waals surface area contributed by atoms with Gasteiger partial charge in [0, 0.05) is 6.42 Å². The van der Waals surface area contributed by atoms with Crippen LogP contribution < -0.4 is 10.3 Å². The topological polar surface area (TPSA) is 72.8 Å². The van der Waals surface area contributed by atoms with Crippen LogP contribution in [0, 0.1) is 20.8 Å². The molecule has 148 valence electrons. The number of aryl methyl sites for hydroxylation is 3. The number of halogens is 1. The minimum atomic E-state index is -0.211. The first-order chi connectivity index (χ1) is 13.9. The van der Waals surface area contributed by atoms with E-state index in [-0.39, 0.29) is 5.56 Å². The molecule has 4 rings (SSSR count). The number of benzene rings is 2. The first kappa shape index (κ1) is 19.2. The van der Waals surface area contributed by atoms with Crippen molar-refractivity contribution in [3.63, 3.8) is 0 Å². The standard InChI is InChI=1S/C22H21ClN4O2/c1-12-8-9-15(10-17(12)29-4)11-18-24-21-19(22(28)25-18)14(3)26-27(21)20-13(2)6-5-7-16(20)23/h5-10H,11H2,1-4H3,(H,24,25,28). The Bertz CT molecular complexity index is 1270. The number of nitrogens with one attached hydrogen (secondary N) is 1. The van der Waals surface area contributed by atoms with Crippen LogP contribution in [0.2, 0.25) is 5.02 Å². The summed E-state index contributed by atoms with van der Waals surface area (Å²) in [6, 6.07) is 11.6. The summed E-state index contributed by atoms with van der Waals surface area (Å²) in [4.78, 5) is 20.4. The van der Waals surface area contributed by atoms with Crippen LogP contribution in [0.25, 0.3) is 16.7 Å². The van der Waals surface area contributed by atoms with E-state index in [1.165, 1.54) is 0 Å². The Morgan fingerprint density at radius 1 is 1.14 bits per heavy atom. The van der Waals surface area contributed by atoms with E-state index < -0.39 is 0 Å². The lowest BCUT2D eigenvalue weighted by atomic mass is 10.1. The van der Waals surface area contributed by atoms with Crippen molar-refractivity contribution >= 4 is 22.6 Å². The normalized spacial score (nSPS) is 11.2. The number of H-pyrrole nitrogens is 1. The fourth-order valence-corrected chi connectivity index (χ4v) is 3.83. The lowest BCUT2D eigenvalue weighted by Gasteiger charge is -2.10. The molecule has 7 heteroatoms. The molecule has 0 bridgehead atoms. The second-order valence-corrected chi connectivity index (χ2v) is 7.50. The summed E-state index contributed by atoms with van der Waals surface area (Å²) < 4.78 is 7.07. The molecule has 4 aromatic rings. The highest BCUT2D eigenvalue weighted by atomic mass is 35.5. The summed E-state index contributed by atoms with van der Waals surface area (Å²) >= 11 is 6.44. The highest BCUT2D eigenvalue weighted by molar-refractivity contribution is 6.32. The average molecular weight is 409 g/mol. The van der Waals surface area contributed by atoms with Gasteiger partial charge >= 0.3 is 0 Å². The molecule has 0 unspecified atom stereocenters. The largest absolute Gasteiger partial charge is 0.496 e. The first-order valence-corrected chi connectivity index (χ1v) is 9.64. The number of fused-ring (bicyclic) bond motifs is 1. The second-order valence-electron chi connectivity index (χ2n) is 7.09. The van der Waals surface area contributed by atoms with E-state index in [2.05, 4.69) is 10.1 Å². The maximum Gasteiger partial charge on any atom is 0.262 e. The number of hydrogen-bond donors (Lipinski definition) is 1. The van der Waals surface area contributed by atoms with Crippen molar-refractivity contribution in [2.75, 3.05) is 7.11 Å². The Morgan fingerprint density at radius 2 is 1.93 bits per heavy atom. The zero-order chi connectivity index (χ0) is 20.7. The summed E-state index contributed by atoms with van der Waals surface area (Å²) in [7, 11) is 1.64. The average Bonchev–Trinajstić information content (AvgIpc) is 3.00. The van der Waals surface area contributed by atoms with Crippen molar-refractivity contribution in [3.05, 3.63) is 80.0 Å². The number of hydrogen-bond acceptors (Lipinski definition) is 4. The molecule has 0 saturated heterocycles. The molecule has 0 amide bonds. The zero-order valence-electron chi connectivity index (χ0n) is 16.7. The van der Waals surface area contributed by atoms with Crippen LogP contribution in [-0.4, -0.2) is 26.9 Å². The molecule has 2 aromatic carbocycles. The lowest BCUT2D eigenvalue weighted by Crippen LogP contribution is -2.13. The van der Waals surface area contributed by atoms with Gasteiger partial charge in [-0.2, -0.15) is 5.10 Å². The molecule has 0 spiro atoms. The summed E-state index contributed by atoms with van der Waals surface area (Å²) in [6.45, 7) is 5.74. The molecule has 0 atom stereocenters. The first-order valence-electron chi connectivity index (χ1n) is 9.26. The molecule has 6 nitrogen and oxygen atoms in total. The Balaban J connectivity index is 1.88. The summed E-state index contributed by atoms with van der Waals surface area (Å²) in [6.07, 6.45) is 0.466. The van der Waals surface area contributed by atoms with Crippen molar-refractivity contribution in [1.29, 1.82) is 0 Å². The fourth-order valence-electron chi connectivity index (χ4n) is 3.53. The second kappa shape index (κ2) is 7.37. The van der Waals surface area contributed by atoms with Gasteiger partial charge in [-0.3, -0.25) is 4.79 Å². The quantitative estimate of drug-likeness (QED) is 0.546. The summed E-state index contributed by atoms with van der Waals surface area (Å²) in [5.74, 6) is 1.36. The molecule has 0 radical (unpaired) electrons. The van der Waals surface area contributed by atoms with E-state index in [9.17, 15) is 4.79 Å². The van der Waals surface area contributed by atoms with Crippen LogP contribution in [0.1, 0.15) is 28.2 Å². The molecule has 0 aliphatic heterocycles. The van der Waals surface area contributed by atoms with Gasteiger partial charge in [-0.1, -0.05) is 35.9 Å². The van der Waals surface area contributed by atoms with Crippen molar-refractivity contribution in [2.45, 2.75) is 27.2 Å². The maximum absolute atomic E-state index is 12.8. The Labute approximate surface area is 173 Å². The van der Waals surface area contributed by atoms with Gasteiger partial charge in [0.25, 0.3) is 5.56 Å². The number of para-hydroxylation sites is 1. The van der Waals surface area contributed by atoms with E-state index in [1.54, 1.807) is 24.8 Å². The molecule has 0 fully saturated rings. The number of nitrogens with zero attached hydrogens (tertiary/aromatic N) is 3. The van der Waals surface area contributed by atoms with Crippen molar-refractivity contribution in [1.82, 2.24) is 19.7 Å². The van der Waals surface area contributed by atoms with Gasteiger partial charge in [0.05, 0.1) is 23.5 Å². The van der Waals surface area contributed by atoms with Gasteiger partial charge in [-0.05, 0) is 49.6 Å². The number of ether oxygens (including phenoxy) is 1. The van der Waals surface area contributed by atoms with E-state index >= 15 is 0 Å². The van der Waals surface area contributed by atoms with Gasteiger partial charge in [-0.15, -0.1) is 0 Å². The summed E-state index contributed by atoms with van der Waals surface area (Å²) in [5, 5.41) is 5.58. The molecular formula is C22H21ClN4O2. The predicted molar refractivity (Wildman–Crippen MR) is 115 cm³/mol. The van der Waals surface area contributed by atoms with Crippen LogP contribution in [0.4, 0.5) is 0 Å². The SMILES string of the molecule is COc1cc(Cc2nc3c(c(C)nn3-c3c(C)cccc3Cl)c(=O)[nH]2)ccc1C. The molecule has 2 aromatic heterocycles. The summed E-state index contributed by atoms with van der Waals surface area (Å²) in [5.41, 5.74) is 4.62. The third-order valence-corrected chi connectivity index (χ3v) is 5.31. The number of aromatic amines is 1. The third kappa shape index (κ3) is 3.40. The van der Waals surface area contributed by atoms with Gasteiger partial charge in [0.15, 0.2) is 5.65 Å². The van der Waals surface area contributed by atoms with E-state index in [1.807, 2.05) is 44.2 Å². The zero-order valence-corrected chi connectivity index (χ0v) is 17.5. The number of rotatable bonds is 4. The third-order valence-electron chi connectivity index (χ3n) is 5.01. The Hall–Kier alpha value is -3.12. The molecule has 0 aliphatic rings. The van der Waals surface area contributed by atoms with Crippen molar-refractivity contribution in [3.8, 4) is 11.4 Å². The Morgan fingerprint density at radius 3 is 2.66 bits per heavy atom. The number of aromatic nitrogens is 4. The lowest BCUT2D eigenvalue weighted by molar-refractivity contribution is 0.411. The van der Waals surface area contributed by atoms with Crippen LogP contribution in [0.5, 0.6) is 5.75 Å². The Kier molecular flexibility index (Phi) is 4.88. The molecule has 0 saturated carbocycles.